The van der Waals surface area contributed by atoms with E-state index in [1.807, 2.05) is 6.92 Å². The third-order valence-electron chi connectivity index (χ3n) is 4.90. The first-order valence-corrected chi connectivity index (χ1v) is 9.51. The van der Waals surface area contributed by atoms with E-state index < -0.39 is 11.7 Å². The zero-order chi connectivity index (χ0) is 18.9. The highest BCUT2D eigenvalue weighted by atomic mass is 35.5. The Bertz CT molecular complexity index is 759. The van der Waals surface area contributed by atoms with E-state index in [2.05, 4.69) is 5.32 Å². The van der Waals surface area contributed by atoms with Crippen LogP contribution in [0.2, 0.25) is 10.0 Å². The highest BCUT2D eigenvalue weighted by molar-refractivity contribution is 6.39. The van der Waals surface area contributed by atoms with Crippen molar-refractivity contribution in [3.05, 3.63) is 39.2 Å². The van der Waals surface area contributed by atoms with E-state index >= 15 is 0 Å². The molecule has 0 bridgehead atoms. The molecule has 0 aromatic heterocycles. The van der Waals surface area contributed by atoms with E-state index in [1.165, 1.54) is 0 Å². The highest BCUT2D eigenvalue weighted by Crippen LogP contribution is 2.43. The van der Waals surface area contributed by atoms with Gasteiger partial charge in [-0.25, -0.2) is 4.79 Å². The van der Waals surface area contributed by atoms with Gasteiger partial charge >= 0.3 is 6.16 Å². The quantitative estimate of drug-likeness (QED) is 0.725. The average Bonchev–Trinajstić information content (AvgIpc) is 2.80. The smallest absolute Gasteiger partial charge is 0.434 e. The molecule has 1 fully saturated rings. The molecular weight excluding hydrogens is 377 g/mol. The van der Waals surface area contributed by atoms with Crippen LogP contribution in [0.4, 0.5) is 4.79 Å². The number of Topliss-reactive ketones (excluding diaryl/α,β-unsaturated/α-hetero) is 1. The second-order valence-electron chi connectivity index (χ2n) is 6.67. The molecule has 1 saturated carbocycles. The molecular formula is C19H21Cl2NO4. The Labute approximate surface area is 162 Å². The summed E-state index contributed by atoms with van der Waals surface area (Å²) in [6.07, 6.45) is 3.49. The van der Waals surface area contributed by atoms with E-state index in [0.717, 1.165) is 24.8 Å². The third-order valence-corrected chi connectivity index (χ3v) is 5.41. The van der Waals surface area contributed by atoms with Crippen molar-refractivity contribution < 1.29 is 19.1 Å². The summed E-state index contributed by atoms with van der Waals surface area (Å²) in [6, 6.07) is 3.32. The molecule has 1 heterocycles. The standard InChI is InChI=1S/C19H21Cl2NO4/c1-3-25-18(24)26-17-15(14-11(2)9-12(20)10-13(14)21)16(23)19(22-17)7-5-4-6-8-19/h9-10,22H,3-8H2,1-2H3. The predicted octanol–water partition coefficient (Wildman–Crippen LogP) is 5.02. The lowest BCUT2D eigenvalue weighted by atomic mass is 9.77. The number of carbonyl (C=O) groups excluding carboxylic acids is 2. The number of carbonyl (C=O) groups is 2. The van der Waals surface area contributed by atoms with Crippen molar-refractivity contribution in [1.82, 2.24) is 5.32 Å². The van der Waals surface area contributed by atoms with Gasteiger partial charge in [0.2, 0.25) is 5.88 Å². The number of halogens is 2. The Morgan fingerprint density at radius 1 is 1.23 bits per heavy atom. The molecule has 0 atom stereocenters. The van der Waals surface area contributed by atoms with E-state index in [-0.39, 0.29) is 18.3 Å². The van der Waals surface area contributed by atoms with Crippen molar-refractivity contribution in [2.45, 2.75) is 51.5 Å². The van der Waals surface area contributed by atoms with Crippen LogP contribution < -0.4 is 5.32 Å². The Balaban J connectivity index is 2.08. The molecule has 3 rings (SSSR count). The number of ether oxygens (including phenoxy) is 2. The summed E-state index contributed by atoms with van der Waals surface area (Å²) >= 11 is 12.5. The summed E-state index contributed by atoms with van der Waals surface area (Å²) in [6.45, 7) is 3.69. The molecule has 0 radical (unpaired) electrons. The number of hydrogen-bond acceptors (Lipinski definition) is 5. The summed E-state index contributed by atoms with van der Waals surface area (Å²) < 4.78 is 10.2. The zero-order valence-corrected chi connectivity index (χ0v) is 16.3. The normalized spacial score (nSPS) is 18.8. The van der Waals surface area contributed by atoms with Gasteiger partial charge in [-0.1, -0.05) is 42.5 Å². The van der Waals surface area contributed by atoms with Crippen LogP contribution in [0.1, 0.15) is 50.2 Å². The molecule has 0 saturated heterocycles. The molecule has 1 aromatic rings. The summed E-state index contributed by atoms with van der Waals surface area (Å²) in [5, 5.41) is 4.01. The average molecular weight is 398 g/mol. The van der Waals surface area contributed by atoms with Crippen LogP contribution in [0.25, 0.3) is 5.57 Å². The van der Waals surface area contributed by atoms with E-state index in [1.54, 1.807) is 19.1 Å². The van der Waals surface area contributed by atoms with Crippen molar-refractivity contribution in [2.75, 3.05) is 6.61 Å². The molecule has 1 aromatic carbocycles. The first-order valence-electron chi connectivity index (χ1n) is 8.76. The Hall–Kier alpha value is -1.72. The molecule has 26 heavy (non-hydrogen) atoms. The van der Waals surface area contributed by atoms with Gasteiger partial charge in [0.1, 0.15) is 5.54 Å². The van der Waals surface area contributed by atoms with Crippen molar-refractivity contribution >= 4 is 40.7 Å². The lowest BCUT2D eigenvalue weighted by Gasteiger charge is -2.32. The molecule has 7 heteroatoms. The van der Waals surface area contributed by atoms with Gasteiger partial charge in [0.05, 0.1) is 17.2 Å². The first kappa shape index (κ1) is 19.1. The van der Waals surface area contributed by atoms with Crippen LogP contribution in [-0.2, 0) is 14.3 Å². The van der Waals surface area contributed by atoms with Crippen LogP contribution in [0.15, 0.2) is 18.0 Å². The molecule has 0 unspecified atom stereocenters. The SMILES string of the molecule is CCOC(=O)OC1=C(c2c(C)cc(Cl)cc2Cl)C(=O)C2(CCCCC2)N1. The minimum absolute atomic E-state index is 0.0937. The topological polar surface area (TPSA) is 64.6 Å². The molecule has 1 aliphatic heterocycles. The second-order valence-corrected chi connectivity index (χ2v) is 7.51. The molecule has 1 spiro atoms. The summed E-state index contributed by atoms with van der Waals surface area (Å²) in [7, 11) is 0. The number of ketones is 1. The minimum Gasteiger partial charge on any atom is -0.434 e. The van der Waals surface area contributed by atoms with Crippen LogP contribution in [0, 0.1) is 6.92 Å². The van der Waals surface area contributed by atoms with Crippen LogP contribution in [0.5, 0.6) is 0 Å². The van der Waals surface area contributed by atoms with Gasteiger partial charge in [-0.3, -0.25) is 4.79 Å². The molecule has 5 nitrogen and oxygen atoms in total. The molecule has 1 aliphatic carbocycles. The van der Waals surface area contributed by atoms with E-state index in [0.29, 0.717) is 34.0 Å². The maximum atomic E-state index is 13.4. The van der Waals surface area contributed by atoms with Gasteiger partial charge in [-0.2, -0.15) is 0 Å². The van der Waals surface area contributed by atoms with Gasteiger partial charge in [0.25, 0.3) is 0 Å². The number of aryl methyl sites for hydroxylation is 1. The zero-order valence-electron chi connectivity index (χ0n) is 14.8. The lowest BCUT2D eigenvalue weighted by Crippen LogP contribution is -2.48. The molecule has 140 valence electrons. The van der Waals surface area contributed by atoms with Gasteiger partial charge in [-0.15, -0.1) is 0 Å². The van der Waals surface area contributed by atoms with Crippen LogP contribution >= 0.6 is 23.2 Å². The van der Waals surface area contributed by atoms with Crippen LogP contribution in [-0.4, -0.2) is 24.1 Å². The maximum absolute atomic E-state index is 13.4. The second kappa shape index (κ2) is 7.49. The Morgan fingerprint density at radius 2 is 1.92 bits per heavy atom. The monoisotopic (exact) mass is 397 g/mol. The predicted molar refractivity (Wildman–Crippen MR) is 100 cm³/mol. The largest absolute Gasteiger partial charge is 0.515 e. The van der Waals surface area contributed by atoms with Gasteiger partial charge in [-0.05, 0) is 44.4 Å². The number of nitrogens with one attached hydrogen (secondary N) is 1. The molecule has 0 amide bonds. The van der Waals surface area contributed by atoms with E-state index in [9.17, 15) is 9.59 Å². The lowest BCUT2D eigenvalue weighted by molar-refractivity contribution is -0.119. The summed E-state index contributed by atoms with van der Waals surface area (Å²) in [5.41, 5.74) is 0.824. The Morgan fingerprint density at radius 3 is 2.54 bits per heavy atom. The molecule has 2 aliphatic rings. The van der Waals surface area contributed by atoms with Crippen LogP contribution in [0.3, 0.4) is 0 Å². The molecule has 1 N–H and O–H groups in total. The fourth-order valence-electron chi connectivity index (χ4n) is 3.74. The number of hydrogen-bond donors (Lipinski definition) is 1. The first-order chi connectivity index (χ1) is 12.4. The fraction of sp³-hybridized carbons (Fsp3) is 0.474. The number of rotatable bonds is 3. The maximum Gasteiger partial charge on any atom is 0.515 e. The third kappa shape index (κ3) is 3.42. The van der Waals surface area contributed by atoms with Crippen molar-refractivity contribution in [3.8, 4) is 0 Å². The highest BCUT2D eigenvalue weighted by Gasteiger charge is 2.49. The van der Waals surface area contributed by atoms with E-state index in [4.69, 9.17) is 32.7 Å². The van der Waals surface area contributed by atoms with Crippen molar-refractivity contribution in [1.29, 1.82) is 0 Å². The van der Waals surface area contributed by atoms with Gasteiger partial charge < -0.3 is 14.8 Å². The Kier molecular flexibility index (Phi) is 5.49. The number of benzene rings is 1. The van der Waals surface area contributed by atoms with Crippen molar-refractivity contribution in [2.24, 2.45) is 0 Å². The fourth-order valence-corrected chi connectivity index (χ4v) is 4.43. The minimum atomic E-state index is -0.851. The van der Waals surface area contributed by atoms with Crippen molar-refractivity contribution in [3.63, 3.8) is 0 Å². The van der Waals surface area contributed by atoms with Gasteiger partial charge in [0, 0.05) is 10.6 Å². The summed E-state index contributed by atoms with van der Waals surface area (Å²) in [4.78, 5) is 25.3. The van der Waals surface area contributed by atoms with Gasteiger partial charge in [0.15, 0.2) is 5.78 Å². The summed E-state index contributed by atoms with van der Waals surface area (Å²) in [5.74, 6) is 0.0199.